The summed E-state index contributed by atoms with van der Waals surface area (Å²) in [5.41, 5.74) is 2.22. The predicted octanol–water partition coefficient (Wildman–Crippen LogP) is -2.69. The molecule has 0 bridgehead atoms. The lowest BCUT2D eigenvalue weighted by atomic mass is 9.99. The Kier molecular flexibility index (Phi) is 7.68. The Balaban J connectivity index is 1.95. The fraction of sp³-hybridized carbons (Fsp3) is 0.619. The molecule has 0 radical (unpaired) electrons. The first-order valence-corrected chi connectivity index (χ1v) is 10.5. The number of rotatable bonds is 9. The molecule has 2 aliphatic heterocycles. The van der Waals surface area contributed by atoms with Crippen LogP contribution in [-0.4, -0.2) is 64.6 Å². The minimum absolute atomic E-state index is 0.0442. The third-order valence-electron chi connectivity index (χ3n) is 5.67. The minimum atomic E-state index is -1.69. The molecule has 4 atom stereocenters. The van der Waals surface area contributed by atoms with Crippen molar-refractivity contribution in [2.45, 2.75) is 82.1 Å². The average Bonchev–Trinajstić information content (AvgIpc) is 3.25. The second-order valence-corrected chi connectivity index (χ2v) is 9.02. The van der Waals surface area contributed by atoms with E-state index in [1.54, 1.807) is 0 Å². The van der Waals surface area contributed by atoms with Gasteiger partial charge in [0.2, 0.25) is 29.5 Å². The third-order valence-corrected chi connectivity index (χ3v) is 5.67. The second kappa shape index (κ2) is 9.89. The van der Waals surface area contributed by atoms with Gasteiger partial charge in [0.05, 0.1) is 12.1 Å². The normalized spacial score (nSPS) is 24.0. The molecule has 2 saturated heterocycles. The Morgan fingerprint density at radius 3 is 2.24 bits per heavy atom. The molecule has 6 amide bonds. The summed E-state index contributed by atoms with van der Waals surface area (Å²) >= 11 is 0. The summed E-state index contributed by atoms with van der Waals surface area (Å²) in [5.74, 6) is -0.855. The van der Waals surface area contributed by atoms with E-state index in [4.69, 9.17) is 12.2 Å². The van der Waals surface area contributed by atoms with E-state index in [0.29, 0.717) is 12.8 Å². The Bertz CT molecular complexity index is 909. The molecule has 2 aliphatic rings. The average molecular weight is 463 g/mol. The Labute approximate surface area is 191 Å². The van der Waals surface area contributed by atoms with Gasteiger partial charge in [-0.3, -0.25) is 28.8 Å². The number of carbonyl (C=O) groups excluding carboxylic acids is 6. The molecule has 33 heavy (non-hydrogen) atoms. The summed E-state index contributed by atoms with van der Waals surface area (Å²) in [4.78, 5) is 72.2. The van der Waals surface area contributed by atoms with Crippen LogP contribution in [0.2, 0.25) is 0 Å². The quantitative estimate of drug-likeness (QED) is 0.202. The van der Waals surface area contributed by atoms with Gasteiger partial charge in [-0.05, 0) is 27.2 Å². The van der Waals surface area contributed by atoms with Crippen LogP contribution in [0.25, 0.3) is 0 Å². The molecule has 0 saturated carbocycles. The molecule has 0 aromatic heterocycles. The van der Waals surface area contributed by atoms with Gasteiger partial charge in [0.15, 0.2) is 5.54 Å². The van der Waals surface area contributed by atoms with E-state index in [-0.39, 0.29) is 37.1 Å². The van der Waals surface area contributed by atoms with E-state index in [0.717, 1.165) is 0 Å². The highest BCUT2D eigenvalue weighted by molar-refractivity contribution is 5.94. The molecule has 4 unspecified atom stereocenters. The molecule has 0 aromatic rings. The Morgan fingerprint density at radius 1 is 1.06 bits per heavy atom. The maximum atomic E-state index is 12.8. The summed E-state index contributed by atoms with van der Waals surface area (Å²) in [6.07, 6.45) is 5.91. The van der Waals surface area contributed by atoms with Gasteiger partial charge in [-0.25, -0.2) is 0 Å². The van der Waals surface area contributed by atoms with Crippen molar-refractivity contribution in [3.8, 4) is 12.3 Å². The van der Waals surface area contributed by atoms with Gasteiger partial charge in [0.25, 0.3) is 5.91 Å². The molecular weight excluding hydrogens is 432 g/mol. The lowest BCUT2D eigenvalue weighted by Crippen LogP contribution is -2.59. The second-order valence-electron chi connectivity index (χ2n) is 9.02. The molecule has 2 rings (SSSR count). The van der Waals surface area contributed by atoms with Crippen LogP contribution in [0.1, 0.15) is 52.9 Å². The molecule has 180 valence electrons. The molecule has 0 spiro atoms. The number of terminal acetylenes is 1. The zero-order valence-electron chi connectivity index (χ0n) is 18.9. The number of hydrogen-bond donors (Lipinski definition) is 6. The SMILES string of the molecule is C#CC(C)(NC(=O)CC1NC(=O)CC1NC(=O)C(C)(C)NC(=O)CC1CCC(=O)N1)C(N)=O. The smallest absolute Gasteiger partial charge is 0.255 e. The van der Waals surface area contributed by atoms with Gasteiger partial charge in [0, 0.05) is 31.7 Å². The third kappa shape index (κ3) is 6.68. The van der Waals surface area contributed by atoms with Gasteiger partial charge in [-0.2, -0.15) is 0 Å². The molecule has 12 heteroatoms. The highest BCUT2D eigenvalue weighted by Crippen LogP contribution is 2.16. The number of hydrogen-bond acceptors (Lipinski definition) is 6. The van der Waals surface area contributed by atoms with Crippen molar-refractivity contribution in [2.75, 3.05) is 0 Å². The van der Waals surface area contributed by atoms with Gasteiger partial charge in [-0.15, -0.1) is 6.42 Å². The number of amides is 6. The molecule has 2 heterocycles. The minimum Gasteiger partial charge on any atom is -0.367 e. The maximum absolute atomic E-state index is 12.8. The molecule has 7 N–H and O–H groups in total. The summed E-state index contributed by atoms with van der Waals surface area (Å²) in [6.45, 7) is 4.29. The van der Waals surface area contributed by atoms with Crippen molar-refractivity contribution in [1.29, 1.82) is 0 Å². The van der Waals surface area contributed by atoms with Crippen LogP contribution in [0.5, 0.6) is 0 Å². The van der Waals surface area contributed by atoms with Crippen LogP contribution >= 0.6 is 0 Å². The topological polar surface area (TPSA) is 189 Å². The Morgan fingerprint density at radius 2 is 1.70 bits per heavy atom. The first kappa shape index (κ1) is 25.6. The standard InChI is InChI=1S/C21H30N6O6/c1-5-21(4,18(22)32)27-17(31)10-12-13(9-15(29)24-12)25-19(33)20(2,3)26-16(30)8-11-6-7-14(28)23-11/h1,11-13H,6-10H2,2-4H3,(H2,22,32)(H,23,28)(H,24,29)(H,25,33)(H,26,30)(H,27,31). The summed E-state index contributed by atoms with van der Waals surface area (Å²) < 4.78 is 0. The van der Waals surface area contributed by atoms with E-state index in [1.807, 2.05) is 0 Å². The summed E-state index contributed by atoms with van der Waals surface area (Å²) in [6, 6.07) is -1.76. The Hall–Kier alpha value is -3.62. The van der Waals surface area contributed by atoms with Crippen molar-refractivity contribution < 1.29 is 28.8 Å². The number of carbonyl (C=O) groups is 6. The fourth-order valence-electron chi connectivity index (χ4n) is 3.61. The highest BCUT2D eigenvalue weighted by atomic mass is 16.2. The highest BCUT2D eigenvalue weighted by Gasteiger charge is 2.40. The lowest BCUT2D eigenvalue weighted by Gasteiger charge is -2.29. The predicted molar refractivity (Wildman–Crippen MR) is 116 cm³/mol. The van der Waals surface area contributed by atoms with E-state index < -0.39 is 46.8 Å². The number of primary amides is 1. The monoisotopic (exact) mass is 462 g/mol. The first-order chi connectivity index (χ1) is 15.3. The van der Waals surface area contributed by atoms with Crippen LogP contribution in [0.15, 0.2) is 0 Å². The van der Waals surface area contributed by atoms with Crippen molar-refractivity contribution in [1.82, 2.24) is 26.6 Å². The zero-order chi connectivity index (χ0) is 25.0. The summed E-state index contributed by atoms with van der Waals surface area (Å²) in [7, 11) is 0. The molecule has 0 aliphatic carbocycles. The molecule has 12 nitrogen and oxygen atoms in total. The van der Waals surface area contributed by atoms with E-state index in [1.165, 1.54) is 20.8 Å². The van der Waals surface area contributed by atoms with E-state index in [9.17, 15) is 28.8 Å². The zero-order valence-corrected chi connectivity index (χ0v) is 18.9. The van der Waals surface area contributed by atoms with E-state index in [2.05, 4.69) is 32.5 Å². The lowest BCUT2D eigenvalue weighted by molar-refractivity contribution is -0.133. The van der Waals surface area contributed by atoms with E-state index >= 15 is 0 Å². The van der Waals surface area contributed by atoms with Gasteiger partial charge < -0.3 is 32.3 Å². The van der Waals surface area contributed by atoms with Crippen LogP contribution in [0.4, 0.5) is 0 Å². The first-order valence-electron chi connectivity index (χ1n) is 10.5. The van der Waals surface area contributed by atoms with Crippen molar-refractivity contribution >= 4 is 35.4 Å². The van der Waals surface area contributed by atoms with Crippen molar-refractivity contribution in [3.05, 3.63) is 0 Å². The number of nitrogens with two attached hydrogens (primary N) is 1. The van der Waals surface area contributed by atoms with Crippen molar-refractivity contribution in [3.63, 3.8) is 0 Å². The number of nitrogens with one attached hydrogen (secondary N) is 5. The van der Waals surface area contributed by atoms with Crippen molar-refractivity contribution in [2.24, 2.45) is 5.73 Å². The maximum Gasteiger partial charge on any atom is 0.255 e. The van der Waals surface area contributed by atoms with Crippen LogP contribution in [-0.2, 0) is 28.8 Å². The molecular formula is C21H30N6O6. The van der Waals surface area contributed by atoms with Crippen LogP contribution in [0, 0.1) is 12.3 Å². The van der Waals surface area contributed by atoms with Gasteiger partial charge >= 0.3 is 0 Å². The molecule has 0 aromatic carbocycles. The van der Waals surface area contributed by atoms with Crippen LogP contribution < -0.4 is 32.3 Å². The largest absolute Gasteiger partial charge is 0.367 e. The molecule has 2 fully saturated rings. The van der Waals surface area contributed by atoms with Crippen LogP contribution in [0.3, 0.4) is 0 Å². The fourth-order valence-corrected chi connectivity index (χ4v) is 3.61. The summed E-state index contributed by atoms with van der Waals surface area (Å²) in [5, 5.41) is 13.0. The van der Waals surface area contributed by atoms with Gasteiger partial charge in [-0.1, -0.05) is 5.92 Å². The van der Waals surface area contributed by atoms with Gasteiger partial charge in [0.1, 0.15) is 5.54 Å².